The third-order valence-electron chi connectivity index (χ3n) is 3.74. The van der Waals surface area contributed by atoms with Crippen LogP contribution < -0.4 is 5.32 Å². The lowest BCUT2D eigenvalue weighted by Gasteiger charge is -2.29. The number of aldehydes is 1. The fourth-order valence-corrected chi connectivity index (χ4v) is 2.62. The largest absolute Gasteiger partial charge is 0.444 e. The molecular weight excluding hydrogens is 308 g/mol. The number of carbonyl (C=O) groups excluding carboxylic acids is 3. The number of amides is 2. The average Bonchev–Trinajstić information content (AvgIpc) is 2.51. The summed E-state index contributed by atoms with van der Waals surface area (Å²) in [5, 5.41) is 2.44. The van der Waals surface area contributed by atoms with Crippen LogP contribution in [0.5, 0.6) is 0 Å². The first-order valence-electron chi connectivity index (χ1n) is 8.08. The number of rotatable bonds is 4. The van der Waals surface area contributed by atoms with Gasteiger partial charge in [-0.25, -0.2) is 4.79 Å². The molecule has 1 aliphatic heterocycles. The number of alkyl carbamates (subject to hydrolysis) is 1. The molecule has 0 aliphatic carbocycles. The van der Waals surface area contributed by atoms with E-state index >= 15 is 0 Å². The highest BCUT2D eigenvalue weighted by atomic mass is 16.6. The van der Waals surface area contributed by atoms with Crippen molar-refractivity contribution in [2.24, 2.45) is 0 Å². The topological polar surface area (TPSA) is 75.7 Å². The molecule has 2 rings (SSSR count). The Morgan fingerprint density at radius 2 is 1.96 bits per heavy atom. The maximum atomic E-state index is 12.4. The van der Waals surface area contributed by atoms with Gasteiger partial charge in [0.25, 0.3) is 0 Å². The second-order valence-electron chi connectivity index (χ2n) is 6.93. The van der Waals surface area contributed by atoms with E-state index in [-0.39, 0.29) is 12.3 Å². The molecule has 2 amide bonds. The van der Waals surface area contributed by atoms with Gasteiger partial charge in [-0.15, -0.1) is 0 Å². The molecule has 1 unspecified atom stereocenters. The lowest BCUT2D eigenvalue weighted by atomic mass is 9.99. The summed E-state index contributed by atoms with van der Waals surface area (Å²) in [6.07, 6.45) is 0.606. The highest BCUT2D eigenvalue weighted by molar-refractivity contribution is 5.83. The summed E-state index contributed by atoms with van der Waals surface area (Å²) in [5.74, 6) is -0.155. The first-order chi connectivity index (χ1) is 11.3. The quantitative estimate of drug-likeness (QED) is 0.856. The minimum Gasteiger partial charge on any atom is -0.444 e. The molecule has 1 aliphatic rings. The van der Waals surface area contributed by atoms with Gasteiger partial charge >= 0.3 is 6.09 Å². The van der Waals surface area contributed by atoms with Gasteiger partial charge in [-0.3, -0.25) is 4.79 Å². The molecule has 0 fully saturated rings. The minimum atomic E-state index is -0.885. The van der Waals surface area contributed by atoms with E-state index in [0.29, 0.717) is 19.4 Å². The van der Waals surface area contributed by atoms with Gasteiger partial charge in [-0.2, -0.15) is 0 Å². The van der Waals surface area contributed by atoms with Gasteiger partial charge in [0.15, 0.2) is 0 Å². The Kier molecular flexibility index (Phi) is 5.59. The normalized spacial score (nSPS) is 15.2. The van der Waals surface area contributed by atoms with E-state index in [1.165, 1.54) is 5.56 Å². The lowest BCUT2D eigenvalue weighted by Crippen LogP contribution is -2.44. The molecule has 6 heteroatoms. The molecule has 1 aromatic rings. The molecule has 1 N–H and O–H groups in total. The summed E-state index contributed by atoms with van der Waals surface area (Å²) >= 11 is 0. The molecule has 0 spiro atoms. The standard InChI is InChI=1S/C18H24N2O4/c1-18(2,3)24-17(23)19-15(12-21)10-16(22)20-9-8-13-6-4-5-7-14(13)11-20/h4-7,12,15H,8-11H2,1-3H3,(H,19,23). The van der Waals surface area contributed by atoms with Crippen LogP contribution in [0, 0.1) is 0 Å². The van der Waals surface area contributed by atoms with Gasteiger partial charge in [0.05, 0.1) is 12.5 Å². The van der Waals surface area contributed by atoms with E-state index in [1.54, 1.807) is 25.7 Å². The molecule has 6 nitrogen and oxygen atoms in total. The predicted octanol–water partition coefficient (Wildman–Crippen LogP) is 2.05. The van der Waals surface area contributed by atoms with Gasteiger partial charge < -0.3 is 19.7 Å². The molecule has 0 radical (unpaired) electrons. The van der Waals surface area contributed by atoms with Crippen LogP contribution in [0.3, 0.4) is 0 Å². The van der Waals surface area contributed by atoms with Gasteiger partial charge in [0.1, 0.15) is 11.9 Å². The summed E-state index contributed by atoms with van der Waals surface area (Å²) in [6.45, 7) is 6.36. The highest BCUT2D eigenvalue weighted by Crippen LogP contribution is 2.19. The van der Waals surface area contributed by atoms with E-state index in [1.807, 2.05) is 18.2 Å². The van der Waals surface area contributed by atoms with Gasteiger partial charge in [-0.05, 0) is 38.3 Å². The predicted molar refractivity (Wildman–Crippen MR) is 89.4 cm³/mol. The fraction of sp³-hybridized carbons (Fsp3) is 0.500. The van der Waals surface area contributed by atoms with Gasteiger partial charge in [0, 0.05) is 13.1 Å². The summed E-state index contributed by atoms with van der Waals surface area (Å²) in [4.78, 5) is 37.1. The first kappa shape index (κ1) is 18.0. The fourth-order valence-electron chi connectivity index (χ4n) is 2.62. The number of nitrogens with one attached hydrogen (secondary N) is 1. The van der Waals surface area contributed by atoms with Crippen molar-refractivity contribution in [1.29, 1.82) is 0 Å². The van der Waals surface area contributed by atoms with Crippen LogP contribution in [0.15, 0.2) is 24.3 Å². The Hall–Kier alpha value is -2.37. The van der Waals surface area contributed by atoms with E-state index in [2.05, 4.69) is 11.4 Å². The lowest BCUT2D eigenvalue weighted by molar-refractivity contribution is -0.133. The van der Waals surface area contributed by atoms with Crippen LogP contribution in [0.4, 0.5) is 4.79 Å². The number of carbonyl (C=O) groups is 3. The number of ether oxygens (including phenoxy) is 1. The van der Waals surface area contributed by atoms with Crippen molar-refractivity contribution in [2.75, 3.05) is 6.54 Å². The van der Waals surface area contributed by atoms with Crippen LogP contribution in [-0.4, -0.2) is 41.4 Å². The van der Waals surface area contributed by atoms with Crippen molar-refractivity contribution in [3.63, 3.8) is 0 Å². The number of hydrogen-bond acceptors (Lipinski definition) is 4. The van der Waals surface area contributed by atoms with E-state index in [9.17, 15) is 14.4 Å². The smallest absolute Gasteiger partial charge is 0.408 e. The average molecular weight is 332 g/mol. The molecule has 0 aromatic heterocycles. The SMILES string of the molecule is CC(C)(C)OC(=O)NC(C=O)CC(=O)N1CCc2ccccc2C1. The summed E-state index contributed by atoms with van der Waals surface area (Å²) in [7, 11) is 0. The van der Waals surface area contributed by atoms with Crippen molar-refractivity contribution in [1.82, 2.24) is 10.2 Å². The van der Waals surface area contributed by atoms with Crippen LogP contribution in [0.1, 0.15) is 38.3 Å². The number of benzene rings is 1. The third-order valence-corrected chi connectivity index (χ3v) is 3.74. The molecule has 24 heavy (non-hydrogen) atoms. The van der Waals surface area contributed by atoms with Crippen molar-refractivity contribution >= 4 is 18.3 Å². The van der Waals surface area contributed by atoms with Crippen LogP contribution >= 0.6 is 0 Å². The molecule has 0 saturated carbocycles. The molecule has 1 atom stereocenters. The number of hydrogen-bond donors (Lipinski definition) is 1. The van der Waals surface area contributed by atoms with Gasteiger partial charge in [0.2, 0.25) is 5.91 Å². The molecular formula is C18H24N2O4. The zero-order chi connectivity index (χ0) is 17.7. The van der Waals surface area contributed by atoms with E-state index < -0.39 is 17.7 Å². The maximum Gasteiger partial charge on any atom is 0.408 e. The zero-order valence-corrected chi connectivity index (χ0v) is 14.4. The number of nitrogens with zero attached hydrogens (tertiary/aromatic N) is 1. The van der Waals surface area contributed by atoms with Crippen LogP contribution in [-0.2, 0) is 27.3 Å². The Morgan fingerprint density at radius 3 is 2.58 bits per heavy atom. The van der Waals surface area contributed by atoms with Crippen molar-refractivity contribution in [2.45, 2.75) is 51.8 Å². The zero-order valence-electron chi connectivity index (χ0n) is 14.4. The molecule has 0 bridgehead atoms. The van der Waals surface area contributed by atoms with Gasteiger partial charge in [-0.1, -0.05) is 24.3 Å². The first-order valence-corrected chi connectivity index (χ1v) is 8.08. The molecule has 0 saturated heterocycles. The Labute approximate surface area is 142 Å². The van der Waals surface area contributed by atoms with Crippen molar-refractivity contribution in [3.05, 3.63) is 35.4 Å². The molecule has 1 aromatic carbocycles. The maximum absolute atomic E-state index is 12.4. The van der Waals surface area contributed by atoms with E-state index in [4.69, 9.17) is 4.74 Å². The summed E-state index contributed by atoms with van der Waals surface area (Å²) in [6, 6.07) is 7.12. The van der Waals surface area contributed by atoms with Crippen LogP contribution in [0.2, 0.25) is 0 Å². The van der Waals surface area contributed by atoms with E-state index in [0.717, 1.165) is 12.0 Å². The van der Waals surface area contributed by atoms with Crippen molar-refractivity contribution in [3.8, 4) is 0 Å². The Balaban J connectivity index is 1.91. The molecule has 130 valence electrons. The second-order valence-corrected chi connectivity index (χ2v) is 6.93. The second kappa shape index (κ2) is 7.47. The monoisotopic (exact) mass is 332 g/mol. The third kappa shape index (κ3) is 5.08. The molecule has 1 heterocycles. The summed E-state index contributed by atoms with van der Waals surface area (Å²) in [5.41, 5.74) is 1.72. The highest BCUT2D eigenvalue weighted by Gasteiger charge is 2.25. The van der Waals surface area contributed by atoms with Crippen molar-refractivity contribution < 1.29 is 19.1 Å². The minimum absolute atomic E-state index is 0.0646. The Bertz CT molecular complexity index is 622. The number of fused-ring (bicyclic) bond motifs is 1. The van der Waals surface area contributed by atoms with Crippen LogP contribution in [0.25, 0.3) is 0 Å². The Morgan fingerprint density at radius 1 is 1.29 bits per heavy atom. The summed E-state index contributed by atoms with van der Waals surface area (Å²) < 4.78 is 5.11.